The molecule has 2 aliphatic rings. The first-order valence-corrected chi connectivity index (χ1v) is 21.0. The zero-order chi connectivity index (χ0) is 21.0. The van der Waals surface area contributed by atoms with Crippen LogP contribution in [0.4, 0.5) is 0 Å². The van der Waals surface area contributed by atoms with Crippen molar-refractivity contribution in [3.63, 3.8) is 0 Å². The van der Waals surface area contributed by atoms with Crippen LogP contribution in [0.3, 0.4) is 0 Å². The first-order chi connectivity index (χ1) is 13.9. The van der Waals surface area contributed by atoms with Gasteiger partial charge in [-0.1, -0.05) is 86.3 Å². The van der Waals surface area contributed by atoms with Gasteiger partial charge in [-0.3, -0.25) is 0 Å². The molecular weight excluding hydrogens is 629 g/mol. The van der Waals surface area contributed by atoms with E-state index >= 15 is 0 Å². The monoisotopic (exact) mass is 655 g/mol. The van der Waals surface area contributed by atoms with Gasteiger partial charge in [0.15, 0.2) is 0 Å². The Morgan fingerprint density at radius 1 is 0.552 bits per heavy atom. The van der Waals surface area contributed by atoms with Crippen molar-refractivity contribution >= 4 is 37.7 Å². The number of hydrogen-bond acceptors (Lipinski definition) is 0. The Morgan fingerprint density at radius 3 is 1.10 bits per heavy atom. The fourth-order valence-electron chi connectivity index (χ4n) is 3.62. The van der Waals surface area contributed by atoms with E-state index in [1.807, 2.05) is 0 Å². The maximum atomic E-state index is 5.01. The van der Waals surface area contributed by atoms with Crippen LogP contribution in [0.5, 0.6) is 0 Å². The molecule has 7 heteroatoms. The van der Waals surface area contributed by atoms with Crippen LogP contribution >= 0.6 is 37.7 Å². The number of nitrogens with zero attached hydrogens (tertiary/aromatic N) is 2. The van der Waals surface area contributed by atoms with Gasteiger partial charge < -0.3 is 10.6 Å². The third-order valence-electron chi connectivity index (χ3n) is 5.08. The van der Waals surface area contributed by atoms with Gasteiger partial charge in [-0.15, -0.1) is 26.2 Å². The molecular formula is C22H28Cl4N2Pt. The van der Waals surface area contributed by atoms with Crippen LogP contribution in [0.1, 0.15) is 48.6 Å². The van der Waals surface area contributed by atoms with Crippen LogP contribution in [-0.4, -0.2) is 26.2 Å². The van der Waals surface area contributed by atoms with E-state index in [9.17, 15) is 0 Å². The third-order valence-corrected chi connectivity index (χ3v) is 5.08. The summed E-state index contributed by atoms with van der Waals surface area (Å²) in [4.78, 5) is 0. The van der Waals surface area contributed by atoms with E-state index in [2.05, 4.69) is 71.3 Å². The minimum Gasteiger partial charge on any atom is -0.662 e. The molecule has 0 radical (unpaired) electrons. The Bertz CT molecular complexity index is 596. The van der Waals surface area contributed by atoms with Crippen LogP contribution in [0.2, 0.25) is 0 Å². The molecule has 2 aliphatic heterocycles. The summed E-state index contributed by atoms with van der Waals surface area (Å²) >= 11 is -3.06. The van der Waals surface area contributed by atoms with E-state index in [0.717, 1.165) is 38.0 Å². The Kier molecular flexibility index (Phi) is 12.6. The molecule has 2 aromatic carbocycles. The van der Waals surface area contributed by atoms with Gasteiger partial charge >= 0.3 is 49.6 Å². The second-order valence-electron chi connectivity index (χ2n) is 6.98. The predicted molar refractivity (Wildman–Crippen MR) is 126 cm³/mol. The molecule has 2 nitrogen and oxygen atoms in total. The number of piperidine rings is 2. The van der Waals surface area contributed by atoms with Gasteiger partial charge in [0.2, 0.25) is 0 Å². The third kappa shape index (κ3) is 12.0. The molecule has 0 amide bonds. The summed E-state index contributed by atoms with van der Waals surface area (Å²) in [6.07, 6.45) is 4.96. The largest absolute Gasteiger partial charge is 0.662 e. The van der Waals surface area contributed by atoms with Gasteiger partial charge in [0.05, 0.1) is 0 Å². The Labute approximate surface area is 194 Å². The maximum Gasteiger partial charge on any atom is -0.0195 e. The van der Waals surface area contributed by atoms with Crippen molar-refractivity contribution < 1.29 is 11.9 Å². The van der Waals surface area contributed by atoms with Gasteiger partial charge in [-0.05, 0) is 23.0 Å². The average molecular weight is 657 g/mol. The molecule has 4 rings (SSSR count). The van der Waals surface area contributed by atoms with E-state index in [0.29, 0.717) is 0 Å². The smallest absolute Gasteiger partial charge is 0.0195 e. The van der Waals surface area contributed by atoms with Crippen molar-refractivity contribution in [1.82, 2.24) is 0 Å². The molecule has 0 saturated carbocycles. The summed E-state index contributed by atoms with van der Waals surface area (Å²) in [6, 6.07) is 21.6. The van der Waals surface area contributed by atoms with Gasteiger partial charge in [0.25, 0.3) is 0 Å². The minimum absolute atomic E-state index is 0.767. The SMILES string of the molecule is [Cl][Pt+2]([Cl])([Cl])[Cl].c1ccc(C2CC[N-]CC2)cc1.c1ccc(C2CC[N-]CC2)cc1. The van der Waals surface area contributed by atoms with Gasteiger partial charge in [-0.2, -0.15) is 0 Å². The molecule has 0 atom stereocenters. The maximum absolute atomic E-state index is 5.01. The van der Waals surface area contributed by atoms with Crippen LogP contribution in [0, 0.1) is 0 Å². The first-order valence-electron chi connectivity index (χ1n) is 9.77. The molecule has 0 spiro atoms. The van der Waals surface area contributed by atoms with Crippen molar-refractivity contribution in [1.29, 1.82) is 0 Å². The van der Waals surface area contributed by atoms with Crippen molar-refractivity contribution in [3.8, 4) is 0 Å². The quantitative estimate of drug-likeness (QED) is 0.310. The fraction of sp³-hybridized carbons (Fsp3) is 0.455. The Hall–Kier alpha value is 0.208. The Morgan fingerprint density at radius 2 is 0.828 bits per heavy atom. The second-order valence-corrected chi connectivity index (χ2v) is 26.7. The molecule has 2 fully saturated rings. The zero-order valence-electron chi connectivity index (χ0n) is 16.3. The van der Waals surface area contributed by atoms with Crippen LogP contribution < -0.4 is 0 Å². The Balaban J connectivity index is 0.000000170. The number of benzene rings is 2. The first kappa shape index (κ1) is 25.5. The van der Waals surface area contributed by atoms with Gasteiger partial charge in [-0.25, -0.2) is 0 Å². The number of hydrogen-bond donors (Lipinski definition) is 0. The number of rotatable bonds is 2. The predicted octanol–water partition coefficient (Wildman–Crippen LogP) is 8.63. The molecule has 0 aromatic heterocycles. The van der Waals surface area contributed by atoms with E-state index in [1.54, 1.807) is 0 Å². The zero-order valence-corrected chi connectivity index (χ0v) is 21.6. The molecule has 0 N–H and O–H groups in total. The molecule has 2 heterocycles. The van der Waals surface area contributed by atoms with Crippen LogP contribution in [0.25, 0.3) is 10.6 Å². The second kappa shape index (κ2) is 14.3. The average Bonchev–Trinajstić information content (AvgIpc) is 2.76. The fourth-order valence-corrected chi connectivity index (χ4v) is 3.62. The van der Waals surface area contributed by atoms with Gasteiger partial charge in [0.1, 0.15) is 0 Å². The standard InChI is InChI=1S/2C11H14N.4ClH.Pt/c2*1-2-4-10(5-3-1)11-6-8-12-9-7-11;;;;;/h2*1-5,11H,6-9H2;4*1H;/q2*-1;;;;;+6/p-4. The van der Waals surface area contributed by atoms with E-state index in [-0.39, 0.29) is 0 Å². The molecule has 2 saturated heterocycles. The molecule has 0 aliphatic carbocycles. The summed E-state index contributed by atoms with van der Waals surface area (Å²) in [6.45, 7) is 4.22. The van der Waals surface area contributed by atoms with E-state index in [1.165, 1.54) is 36.8 Å². The number of halogens is 4. The molecule has 29 heavy (non-hydrogen) atoms. The summed E-state index contributed by atoms with van der Waals surface area (Å²) in [5.41, 5.74) is 2.99. The van der Waals surface area contributed by atoms with Crippen LogP contribution in [-0.2, 0) is 11.9 Å². The normalized spacial score (nSPS) is 18.6. The van der Waals surface area contributed by atoms with E-state index < -0.39 is 11.9 Å². The molecule has 2 aromatic rings. The topological polar surface area (TPSA) is 28.2 Å². The summed E-state index contributed by atoms with van der Waals surface area (Å²) in [7, 11) is 20.0. The van der Waals surface area contributed by atoms with Crippen LogP contribution in [0.15, 0.2) is 60.7 Å². The van der Waals surface area contributed by atoms with Crippen molar-refractivity contribution in [2.24, 2.45) is 0 Å². The van der Waals surface area contributed by atoms with Crippen molar-refractivity contribution in [3.05, 3.63) is 82.4 Å². The molecule has 0 unspecified atom stereocenters. The van der Waals surface area contributed by atoms with E-state index in [4.69, 9.17) is 37.7 Å². The summed E-state index contributed by atoms with van der Waals surface area (Å²) in [5, 5.41) is 8.71. The molecule has 164 valence electrons. The summed E-state index contributed by atoms with van der Waals surface area (Å²) < 4.78 is 0. The van der Waals surface area contributed by atoms with Gasteiger partial charge in [0, 0.05) is 0 Å². The van der Waals surface area contributed by atoms with Crippen molar-refractivity contribution in [2.75, 3.05) is 26.2 Å². The molecule has 0 bridgehead atoms. The van der Waals surface area contributed by atoms with Crippen molar-refractivity contribution in [2.45, 2.75) is 37.5 Å². The minimum atomic E-state index is -3.06. The summed E-state index contributed by atoms with van der Waals surface area (Å²) in [5.74, 6) is 1.53.